The number of anilines is 1. The van der Waals surface area contributed by atoms with Crippen molar-refractivity contribution in [3.63, 3.8) is 0 Å². The van der Waals surface area contributed by atoms with Crippen LogP contribution in [0.25, 0.3) is 11.1 Å². The van der Waals surface area contributed by atoms with E-state index in [1.807, 2.05) is 62.4 Å². The summed E-state index contributed by atoms with van der Waals surface area (Å²) in [6.07, 6.45) is 1.43. The lowest BCUT2D eigenvalue weighted by Crippen LogP contribution is -2.44. The number of carbonyl (C=O) groups excluding carboxylic acids is 2. The number of carbonyl (C=O) groups is 2. The van der Waals surface area contributed by atoms with Crippen molar-refractivity contribution in [3.05, 3.63) is 89.2 Å². The number of likely N-dealkylation sites (tertiary alicyclic amines) is 1. The first-order valence-electron chi connectivity index (χ1n) is 11.0. The highest BCUT2D eigenvalue weighted by molar-refractivity contribution is 5.99. The van der Waals surface area contributed by atoms with Crippen LogP contribution in [-0.4, -0.2) is 29.8 Å². The minimum Gasteiger partial charge on any atom is -0.324 e. The Hall–Kier alpha value is -3.47. The van der Waals surface area contributed by atoms with Crippen molar-refractivity contribution in [3.8, 4) is 11.1 Å². The molecule has 1 heterocycles. The molecule has 3 aromatic rings. The lowest BCUT2D eigenvalue weighted by molar-refractivity contribution is 0.0851. The molecule has 0 aromatic heterocycles. The number of nitrogens with zero attached hydrogens (tertiary/aromatic N) is 1. The number of hydrogen-bond acceptors (Lipinski definition) is 2. The predicted octanol–water partition coefficient (Wildman–Crippen LogP) is 6.24. The van der Waals surface area contributed by atoms with E-state index >= 15 is 0 Å². The molecule has 0 radical (unpaired) electrons. The van der Waals surface area contributed by atoms with Gasteiger partial charge in [0.25, 0.3) is 0 Å². The number of ketones is 1. The van der Waals surface area contributed by atoms with Gasteiger partial charge in [-0.25, -0.2) is 9.18 Å². The fraction of sp³-hybridized carbons (Fsp3) is 0.259. The summed E-state index contributed by atoms with van der Waals surface area (Å²) in [6, 6.07) is 19.6. The SMILES string of the molecule is Cc1cccc(C)c1NC(=O)N1CCC[C@@H](C(=O)c2ccc(-c3ccccc3)c(F)c2)C1. The van der Waals surface area contributed by atoms with Crippen LogP contribution in [0.15, 0.2) is 66.7 Å². The van der Waals surface area contributed by atoms with Gasteiger partial charge in [-0.05, 0) is 49.4 Å². The maximum atomic E-state index is 14.8. The standard InChI is InChI=1S/C27H27FN2O2/c1-18-8-6-9-19(2)25(18)29-27(32)30-15-7-12-22(17-30)26(31)21-13-14-23(24(28)16-21)20-10-4-3-5-11-20/h3-6,8-11,13-14,16,22H,7,12,15,17H2,1-2H3,(H,29,32)/t22-/m1/s1. The highest BCUT2D eigenvalue weighted by Crippen LogP contribution is 2.27. The fourth-order valence-corrected chi connectivity index (χ4v) is 4.33. The summed E-state index contributed by atoms with van der Waals surface area (Å²) in [5.41, 5.74) is 4.40. The number of piperidine rings is 1. The second kappa shape index (κ2) is 9.35. The van der Waals surface area contributed by atoms with Crippen LogP contribution < -0.4 is 5.32 Å². The van der Waals surface area contributed by atoms with E-state index in [9.17, 15) is 14.0 Å². The lowest BCUT2D eigenvalue weighted by Gasteiger charge is -2.32. The second-order valence-corrected chi connectivity index (χ2v) is 8.41. The molecule has 2 amide bonds. The molecule has 1 N–H and O–H groups in total. The molecule has 5 heteroatoms. The molecule has 0 aliphatic carbocycles. The van der Waals surface area contributed by atoms with Gasteiger partial charge >= 0.3 is 6.03 Å². The number of Topliss-reactive ketones (excluding diaryl/α,β-unsaturated/α-hetero) is 1. The summed E-state index contributed by atoms with van der Waals surface area (Å²) in [4.78, 5) is 27.7. The van der Waals surface area contributed by atoms with E-state index in [0.29, 0.717) is 30.6 Å². The molecule has 1 atom stereocenters. The number of urea groups is 1. The highest BCUT2D eigenvalue weighted by Gasteiger charge is 2.29. The van der Waals surface area contributed by atoms with Crippen LogP contribution >= 0.6 is 0 Å². The molecule has 32 heavy (non-hydrogen) atoms. The second-order valence-electron chi connectivity index (χ2n) is 8.41. The summed E-state index contributed by atoms with van der Waals surface area (Å²) in [6.45, 7) is 4.84. The third-order valence-corrected chi connectivity index (χ3v) is 6.13. The zero-order valence-corrected chi connectivity index (χ0v) is 18.4. The van der Waals surface area contributed by atoms with Gasteiger partial charge in [-0.2, -0.15) is 0 Å². The fourth-order valence-electron chi connectivity index (χ4n) is 4.33. The number of halogens is 1. The number of benzene rings is 3. The first kappa shape index (κ1) is 21.8. The molecule has 164 valence electrons. The Morgan fingerprint density at radius 3 is 2.38 bits per heavy atom. The zero-order chi connectivity index (χ0) is 22.7. The quantitative estimate of drug-likeness (QED) is 0.498. The van der Waals surface area contributed by atoms with E-state index in [0.717, 1.165) is 28.8 Å². The minimum absolute atomic E-state index is 0.118. The summed E-state index contributed by atoms with van der Waals surface area (Å²) in [5.74, 6) is -0.870. The monoisotopic (exact) mass is 430 g/mol. The molecule has 4 rings (SSSR count). The maximum absolute atomic E-state index is 14.8. The van der Waals surface area contributed by atoms with Crippen LogP contribution in [0.3, 0.4) is 0 Å². The van der Waals surface area contributed by atoms with Gasteiger partial charge in [0, 0.05) is 35.8 Å². The van der Waals surface area contributed by atoms with Crippen LogP contribution in [0.5, 0.6) is 0 Å². The number of rotatable bonds is 4. The van der Waals surface area contributed by atoms with E-state index < -0.39 is 5.82 Å². The Morgan fingerprint density at radius 1 is 0.969 bits per heavy atom. The summed E-state index contributed by atoms with van der Waals surface area (Å²) < 4.78 is 14.8. The van der Waals surface area contributed by atoms with Crippen molar-refractivity contribution in [1.82, 2.24) is 4.90 Å². The van der Waals surface area contributed by atoms with E-state index in [2.05, 4.69) is 5.32 Å². The molecule has 1 fully saturated rings. The normalized spacial score (nSPS) is 16.0. The smallest absolute Gasteiger partial charge is 0.321 e. The van der Waals surface area contributed by atoms with Crippen LogP contribution in [-0.2, 0) is 0 Å². The molecule has 0 bridgehead atoms. The summed E-state index contributed by atoms with van der Waals surface area (Å²) in [7, 11) is 0. The Kier molecular flexibility index (Phi) is 6.35. The number of hydrogen-bond donors (Lipinski definition) is 1. The zero-order valence-electron chi connectivity index (χ0n) is 18.4. The summed E-state index contributed by atoms with van der Waals surface area (Å²) in [5, 5.41) is 3.00. The molecular formula is C27H27FN2O2. The molecule has 1 saturated heterocycles. The van der Waals surface area contributed by atoms with Gasteiger partial charge in [-0.3, -0.25) is 4.79 Å². The highest BCUT2D eigenvalue weighted by atomic mass is 19.1. The van der Waals surface area contributed by atoms with Crippen LogP contribution in [0.4, 0.5) is 14.9 Å². The number of nitrogens with one attached hydrogen (secondary N) is 1. The van der Waals surface area contributed by atoms with Gasteiger partial charge in [0.15, 0.2) is 5.78 Å². The van der Waals surface area contributed by atoms with Gasteiger partial charge in [-0.15, -0.1) is 0 Å². The summed E-state index contributed by atoms with van der Waals surface area (Å²) >= 11 is 0. The van der Waals surface area contributed by atoms with Gasteiger partial charge in [-0.1, -0.05) is 60.7 Å². The number of amides is 2. The average Bonchev–Trinajstić information content (AvgIpc) is 2.81. The van der Waals surface area contributed by atoms with Gasteiger partial charge in [0.2, 0.25) is 0 Å². The van der Waals surface area contributed by atoms with Crippen molar-refractivity contribution < 1.29 is 14.0 Å². The maximum Gasteiger partial charge on any atom is 0.321 e. The lowest BCUT2D eigenvalue weighted by atomic mass is 9.89. The minimum atomic E-state index is -0.414. The Bertz CT molecular complexity index is 1120. The van der Waals surface area contributed by atoms with Crippen molar-refractivity contribution in [2.45, 2.75) is 26.7 Å². The molecule has 0 unspecified atom stereocenters. The molecule has 3 aromatic carbocycles. The topological polar surface area (TPSA) is 49.4 Å². The molecule has 1 aliphatic rings. The molecular weight excluding hydrogens is 403 g/mol. The van der Waals surface area contributed by atoms with Gasteiger partial charge in [0.05, 0.1) is 0 Å². The van der Waals surface area contributed by atoms with E-state index in [4.69, 9.17) is 0 Å². The molecule has 1 aliphatic heterocycles. The van der Waals surface area contributed by atoms with Crippen molar-refractivity contribution in [2.24, 2.45) is 5.92 Å². The van der Waals surface area contributed by atoms with E-state index in [-0.39, 0.29) is 17.7 Å². The number of para-hydroxylation sites is 1. The first-order chi connectivity index (χ1) is 15.4. The van der Waals surface area contributed by atoms with Crippen molar-refractivity contribution in [2.75, 3.05) is 18.4 Å². The average molecular weight is 431 g/mol. The van der Waals surface area contributed by atoms with Crippen LogP contribution in [0.2, 0.25) is 0 Å². The van der Waals surface area contributed by atoms with Crippen LogP contribution in [0, 0.1) is 25.6 Å². The van der Waals surface area contributed by atoms with E-state index in [1.54, 1.807) is 17.0 Å². The van der Waals surface area contributed by atoms with E-state index in [1.165, 1.54) is 6.07 Å². The largest absolute Gasteiger partial charge is 0.324 e. The van der Waals surface area contributed by atoms with Crippen LogP contribution in [0.1, 0.15) is 34.3 Å². The van der Waals surface area contributed by atoms with Crippen molar-refractivity contribution >= 4 is 17.5 Å². The van der Waals surface area contributed by atoms with Gasteiger partial charge < -0.3 is 10.2 Å². The van der Waals surface area contributed by atoms with Gasteiger partial charge in [0.1, 0.15) is 5.82 Å². The molecule has 0 spiro atoms. The predicted molar refractivity (Wildman–Crippen MR) is 125 cm³/mol. The van der Waals surface area contributed by atoms with Crippen molar-refractivity contribution in [1.29, 1.82) is 0 Å². The molecule has 0 saturated carbocycles. The first-order valence-corrected chi connectivity index (χ1v) is 11.0. The Balaban J connectivity index is 1.47. The Labute approximate surface area is 188 Å². The third kappa shape index (κ3) is 4.57. The number of aryl methyl sites for hydroxylation is 2. The Morgan fingerprint density at radius 2 is 1.69 bits per heavy atom. The molecule has 4 nitrogen and oxygen atoms in total. The third-order valence-electron chi connectivity index (χ3n) is 6.13.